The Kier molecular flexibility index (Phi) is 4.15. The lowest BCUT2D eigenvalue weighted by Crippen LogP contribution is -2.66. The molecule has 1 aliphatic heterocycles. The zero-order valence-electron chi connectivity index (χ0n) is 10.8. The first-order valence-corrected chi connectivity index (χ1v) is 5.84. The summed E-state index contributed by atoms with van der Waals surface area (Å²) in [5.74, 6) is 0. The summed E-state index contributed by atoms with van der Waals surface area (Å²) in [4.78, 5) is 11.5. The Morgan fingerprint density at radius 1 is 1.33 bits per heavy atom. The summed E-state index contributed by atoms with van der Waals surface area (Å²) in [6, 6.07) is 0. The van der Waals surface area contributed by atoms with E-state index in [0.717, 1.165) is 0 Å². The number of piperidine rings is 1. The molecule has 2 N–H and O–H groups in total. The van der Waals surface area contributed by atoms with Crippen LogP contribution in [0.1, 0.15) is 33.6 Å². The third-order valence-corrected chi connectivity index (χ3v) is 2.67. The van der Waals surface area contributed by atoms with Crippen LogP contribution >= 0.6 is 0 Å². The fourth-order valence-corrected chi connectivity index (χ4v) is 1.82. The Morgan fingerprint density at radius 3 is 2.33 bits per heavy atom. The minimum absolute atomic E-state index is 0.136. The van der Waals surface area contributed by atoms with Crippen LogP contribution in [0.5, 0.6) is 0 Å². The summed E-state index contributed by atoms with van der Waals surface area (Å²) in [6.45, 7) is 5.01. The third kappa shape index (κ3) is 3.76. The zero-order valence-corrected chi connectivity index (χ0v) is 10.8. The SMILES string of the molecule is CC(C)(C)OC(=O)N[C@]1(C(F)(F)F)CCCNC1. The molecule has 4 nitrogen and oxygen atoms in total. The van der Waals surface area contributed by atoms with Crippen LogP contribution in [0.25, 0.3) is 0 Å². The Balaban J connectivity index is 2.77. The summed E-state index contributed by atoms with van der Waals surface area (Å²) in [5, 5.41) is 4.64. The summed E-state index contributed by atoms with van der Waals surface area (Å²) in [5.41, 5.74) is -3.05. The predicted octanol–water partition coefficient (Wildman–Crippen LogP) is 2.20. The maximum atomic E-state index is 13.1. The molecule has 1 amide bonds. The standard InChI is InChI=1S/C11H19F3N2O2/c1-9(2,3)18-8(17)16-10(11(12,13)14)5-4-6-15-7-10/h15H,4-7H2,1-3H3,(H,16,17)/t10-/m1/s1. The molecule has 7 heteroatoms. The van der Waals surface area contributed by atoms with Crippen molar-refractivity contribution < 1.29 is 22.7 Å². The van der Waals surface area contributed by atoms with Crippen molar-refractivity contribution in [3.63, 3.8) is 0 Å². The second-order valence-electron chi connectivity index (χ2n) is 5.49. The topological polar surface area (TPSA) is 50.4 Å². The highest BCUT2D eigenvalue weighted by molar-refractivity contribution is 5.69. The van der Waals surface area contributed by atoms with Crippen molar-refractivity contribution in [1.29, 1.82) is 0 Å². The molecule has 0 radical (unpaired) electrons. The molecule has 0 aromatic rings. The molecule has 0 aromatic carbocycles. The van der Waals surface area contributed by atoms with Crippen molar-refractivity contribution in [2.45, 2.75) is 50.9 Å². The van der Waals surface area contributed by atoms with Crippen LogP contribution in [0.15, 0.2) is 0 Å². The highest BCUT2D eigenvalue weighted by Crippen LogP contribution is 2.35. The summed E-state index contributed by atoms with van der Waals surface area (Å²) >= 11 is 0. The van der Waals surface area contributed by atoms with Gasteiger partial charge >= 0.3 is 12.3 Å². The maximum Gasteiger partial charge on any atom is 0.412 e. The van der Waals surface area contributed by atoms with Gasteiger partial charge in [-0.3, -0.25) is 0 Å². The number of ether oxygens (including phenoxy) is 1. The lowest BCUT2D eigenvalue weighted by atomic mass is 9.89. The fraction of sp³-hybridized carbons (Fsp3) is 0.909. The zero-order chi connectivity index (χ0) is 14.0. The van der Waals surface area contributed by atoms with E-state index in [-0.39, 0.29) is 13.0 Å². The Bertz CT molecular complexity index is 304. The molecule has 1 fully saturated rings. The summed E-state index contributed by atoms with van der Waals surface area (Å²) in [6.07, 6.45) is -5.32. The molecule has 0 spiro atoms. The van der Waals surface area contributed by atoms with Crippen LogP contribution in [0, 0.1) is 0 Å². The van der Waals surface area contributed by atoms with E-state index < -0.39 is 23.4 Å². The minimum atomic E-state index is -4.50. The third-order valence-electron chi connectivity index (χ3n) is 2.67. The average molecular weight is 268 g/mol. The first kappa shape index (κ1) is 15.1. The van der Waals surface area contributed by atoms with Crippen LogP contribution < -0.4 is 10.6 Å². The number of hydrogen-bond donors (Lipinski definition) is 2. The van der Waals surface area contributed by atoms with Gasteiger partial charge in [0.2, 0.25) is 0 Å². The normalized spacial score (nSPS) is 25.7. The molecule has 1 aliphatic rings. The van der Waals surface area contributed by atoms with Crippen molar-refractivity contribution in [1.82, 2.24) is 10.6 Å². The van der Waals surface area contributed by atoms with Crippen LogP contribution in [-0.4, -0.2) is 36.5 Å². The Morgan fingerprint density at radius 2 is 1.94 bits per heavy atom. The van der Waals surface area contributed by atoms with Crippen molar-refractivity contribution in [2.75, 3.05) is 13.1 Å². The quantitative estimate of drug-likeness (QED) is 0.766. The molecule has 1 rings (SSSR count). The number of alkyl carbamates (subject to hydrolysis) is 1. The largest absolute Gasteiger partial charge is 0.444 e. The number of halogens is 3. The van der Waals surface area contributed by atoms with Gasteiger partial charge in [-0.2, -0.15) is 13.2 Å². The van der Waals surface area contributed by atoms with Gasteiger partial charge in [-0.15, -0.1) is 0 Å². The van der Waals surface area contributed by atoms with Gasteiger partial charge in [-0.1, -0.05) is 0 Å². The number of hydrogen-bond acceptors (Lipinski definition) is 3. The summed E-state index contributed by atoms with van der Waals surface area (Å²) < 4.78 is 44.1. The van der Waals surface area contributed by atoms with Gasteiger partial charge in [0.1, 0.15) is 5.60 Å². The van der Waals surface area contributed by atoms with Crippen molar-refractivity contribution >= 4 is 6.09 Å². The molecule has 0 aliphatic carbocycles. The molecule has 18 heavy (non-hydrogen) atoms. The van der Waals surface area contributed by atoms with Gasteiger partial charge in [0.25, 0.3) is 0 Å². The van der Waals surface area contributed by atoms with Gasteiger partial charge in [0, 0.05) is 6.54 Å². The van der Waals surface area contributed by atoms with E-state index in [2.05, 4.69) is 5.32 Å². The molecule has 106 valence electrons. The van der Waals surface area contributed by atoms with Crippen LogP contribution in [0.4, 0.5) is 18.0 Å². The van der Waals surface area contributed by atoms with Crippen LogP contribution in [0.2, 0.25) is 0 Å². The molecule has 0 bridgehead atoms. The molecular weight excluding hydrogens is 249 g/mol. The van der Waals surface area contributed by atoms with Crippen LogP contribution in [0.3, 0.4) is 0 Å². The van der Waals surface area contributed by atoms with Gasteiger partial charge < -0.3 is 15.4 Å². The van der Waals surface area contributed by atoms with Gasteiger partial charge in [0.15, 0.2) is 5.54 Å². The monoisotopic (exact) mass is 268 g/mol. The van der Waals surface area contributed by atoms with Crippen LogP contribution in [-0.2, 0) is 4.74 Å². The Hall–Kier alpha value is -0.980. The number of alkyl halides is 3. The smallest absolute Gasteiger partial charge is 0.412 e. The number of amides is 1. The van der Waals surface area contributed by atoms with Crippen molar-refractivity contribution in [2.24, 2.45) is 0 Å². The molecule has 0 unspecified atom stereocenters. The minimum Gasteiger partial charge on any atom is -0.444 e. The fourth-order valence-electron chi connectivity index (χ4n) is 1.82. The first-order valence-electron chi connectivity index (χ1n) is 5.84. The van der Waals surface area contributed by atoms with E-state index in [4.69, 9.17) is 4.74 Å². The maximum absolute atomic E-state index is 13.1. The average Bonchev–Trinajstić information content (AvgIpc) is 2.13. The molecule has 1 saturated heterocycles. The first-order chi connectivity index (χ1) is 8.06. The molecule has 1 heterocycles. The lowest BCUT2D eigenvalue weighted by Gasteiger charge is -2.39. The van der Waals surface area contributed by atoms with E-state index >= 15 is 0 Å². The second-order valence-corrected chi connectivity index (χ2v) is 5.49. The molecule has 1 atom stereocenters. The van der Waals surface area contributed by atoms with Gasteiger partial charge in [0.05, 0.1) is 0 Å². The number of carbonyl (C=O) groups excluding carboxylic acids is 1. The highest BCUT2D eigenvalue weighted by Gasteiger charge is 2.56. The van der Waals surface area contributed by atoms with E-state index in [1.54, 1.807) is 20.8 Å². The highest BCUT2D eigenvalue weighted by atomic mass is 19.4. The second kappa shape index (κ2) is 4.95. The van der Waals surface area contributed by atoms with Crippen molar-refractivity contribution in [3.05, 3.63) is 0 Å². The van der Waals surface area contributed by atoms with Crippen molar-refractivity contribution in [3.8, 4) is 0 Å². The number of nitrogens with one attached hydrogen (secondary N) is 2. The molecular formula is C11H19F3N2O2. The molecule has 0 saturated carbocycles. The Labute approximate surface area is 104 Å². The lowest BCUT2D eigenvalue weighted by molar-refractivity contribution is -0.199. The van der Waals surface area contributed by atoms with E-state index in [1.165, 1.54) is 0 Å². The van der Waals surface area contributed by atoms with E-state index in [9.17, 15) is 18.0 Å². The number of carbonyl (C=O) groups is 1. The number of rotatable bonds is 1. The van der Waals surface area contributed by atoms with E-state index in [1.807, 2.05) is 5.32 Å². The predicted molar refractivity (Wildman–Crippen MR) is 60.3 cm³/mol. The van der Waals surface area contributed by atoms with Gasteiger partial charge in [-0.05, 0) is 40.2 Å². The molecule has 0 aromatic heterocycles. The van der Waals surface area contributed by atoms with Gasteiger partial charge in [-0.25, -0.2) is 4.79 Å². The summed E-state index contributed by atoms with van der Waals surface area (Å²) in [7, 11) is 0. The van der Waals surface area contributed by atoms with E-state index in [0.29, 0.717) is 13.0 Å².